The van der Waals surface area contributed by atoms with Crippen molar-refractivity contribution in [3.8, 4) is 0 Å². The summed E-state index contributed by atoms with van der Waals surface area (Å²) in [4.78, 5) is 11.7. The van der Waals surface area contributed by atoms with Crippen molar-refractivity contribution in [2.45, 2.75) is 33.2 Å². The Morgan fingerprint density at radius 1 is 1.47 bits per heavy atom. The predicted octanol–water partition coefficient (Wildman–Crippen LogP) is 1.90. The molecule has 0 aliphatic heterocycles. The average Bonchev–Trinajstić information content (AvgIpc) is 2.30. The fourth-order valence-corrected chi connectivity index (χ4v) is 1.57. The van der Waals surface area contributed by atoms with Crippen molar-refractivity contribution in [2.75, 3.05) is 17.6 Å². The summed E-state index contributed by atoms with van der Waals surface area (Å²) >= 11 is 0. The minimum absolute atomic E-state index is 0.00509. The number of nitrogen functional groups attached to an aromatic ring is 1. The number of para-hydroxylation sites is 1. The second kappa shape index (κ2) is 6.13. The van der Waals surface area contributed by atoms with Crippen LogP contribution in [0.1, 0.15) is 25.8 Å². The van der Waals surface area contributed by atoms with Crippen LogP contribution in [0.4, 0.5) is 11.4 Å². The van der Waals surface area contributed by atoms with Gasteiger partial charge in [0.2, 0.25) is 5.91 Å². The van der Waals surface area contributed by atoms with Crippen LogP contribution in [0.25, 0.3) is 0 Å². The van der Waals surface area contributed by atoms with E-state index in [1.54, 1.807) is 0 Å². The Morgan fingerprint density at radius 2 is 2.18 bits per heavy atom. The van der Waals surface area contributed by atoms with Crippen molar-refractivity contribution in [1.82, 2.24) is 5.32 Å². The molecule has 4 N–H and O–H groups in total. The molecule has 4 heteroatoms. The number of nitrogens with two attached hydrogens (primary N) is 1. The topological polar surface area (TPSA) is 67.2 Å². The molecule has 1 amide bonds. The maximum Gasteiger partial charge on any atom is 0.242 e. The summed E-state index contributed by atoms with van der Waals surface area (Å²) in [5.41, 5.74) is 8.42. The molecule has 1 unspecified atom stereocenters. The second-order valence-corrected chi connectivity index (χ2v) is 4.20. The Bertz CT molecular complexity index is 370. The first kappa shape index (κ1) is 13.4. The van der Waals surface area contributed by atoms with E-state index < -0.39 is 0 Å². The molecule has 0 heterocycles. The maximum absolute atomic E-state index is 11.7. The number of aryl methyl sites for hydroxylation is 1. The third-order valence-corrected chi connectivity index (χ3v) is 2.61. The van der Waals surface area contributed by atoms with Gasteiger partial charge in [-0.05, 0) is 31.9 Å². The SMILES string of the molecule is CCCNC(=O)C(C)Nc1c(C)cccc1N. The first-order valence-corrected chi connectivity index (χ1v) is 5.95. The lowest BCUT2D eigenvalue weighted by molar-refractivity contribution is -0.121. The van der Waals surface area contributed by atoms with E-state index in [1.165, 1.54) is 0 Å². The summed E-state index contributed by atoms with van der Waals surface area (Å²) < 4.78 is 0. The smallest absolute Gasteiger partial charge is 0.242 e. The third-order valence-electron chi connectivity index (χ3n) is 2.61. The number of hydrogen-bond acceptors (Lipinski definition) is 3. The molecule has 17 heavy (non-hydrogen) atoms. The Morgan fingerprint density at radius 3 is 2.76 bits per heavy atom. The molecule has 0 saturated carbocycles. The van der Waals surface area contributed by atoms with Gasteiger partial charge in [0.05, 0.1) is 11.4 Å². The monoisotopic (exact) mass is 235 g/mol. The van der Waals surface area contributed by atoms with Gasteiger partial charge in [-0.1, -0.05) is 19.1 Å². The highest BCUT2D eigenvalue weighted by atomic mass is 16.2. The Labute approximate surface area is 103 Å². The van der Waals surface area contributed by atoms with Gasteiger partial charge in [-0.15, -0.1) is 0 Å². The van der Waals surface area contributed by atoms with Gasteiger partial charge in [0.15, 0.2) is 0 Å². The second-order valence-electron chi connectivity index (χ2n) is 4.20. The van der Waals surface area contributed by atoms with Crippen LogP contribution in [0.3, 0.4) is 0 Å². The van der Waals surface area contributed by atoms with Crippen molar-refractivity contribution in [3.05, 3.63) is 23.8 Å². The first-order chi connectivity index (χ1) is 8.06. The summed E-state index contributed by atoms with van der Waals surface area (Å²) in [6.07, 6.45) is 0.935. The van der Waals surface area contributed by atoms with Crippen LogP contribution in [-0.2, 0) is 4.79 Å². The summed E-state index contributed by atoms with van der Waals surface area (Å²) in [6.45, 7) is 6.53. The van der Waals surface area contributed by atoms with Crippen molar-refractivity contribution < 1.29 is 4.79 Å². The number of anilines is 2. The van der Waals surface area contributed by atoms with Crippen LogP contribution in [0.15, 0.2) is 18.2 Å². The van der Waals surface area contributed by atoms with Gasteiger partial charge in [0, 0.05) is 6.54 Å². The van der Waals surface area contributed by atoms with E-state index in [-0.39, 0.29) is 11.9 Å². The molecule has 0 radical (unpaired) electrons. The van der Waals surface area contributed by atoms with Gasteiger partial charge in [0.1, 0.15) is 6.04 Å². The largest absolute Gasteiger partial charge is 0.397 e. The third kappa shape index (κ3) is 3.66. The predicted molar refractivity (Wildman–Crippen MR) is 72.0 cm³/mol. The molecule has 1 aromatic carbocycles. The molecular formula is C13H21N3O. The first-order valence-electron chi connectivity index (χ1n) is 5.95. The zero-order valence-corrected chi connectivity index (χ0v) is 10.7. The van der Waals surface area contributed by atoms with Crippen molar-refractivity contribution in [3.63, 3.8) is 0 Å². The number of amides is 1. The molecule has 0 spiro atoms. The van der Waals surface area contributed by atoms with Crippen molar-refractivity contribution >= 4 is 17.3 Å². The summed E-state index contributed by atoms with van der Waals surface area (Å²) in [5.74, 6) is -0.00509. The van der Waals surface area contributed by atoms with Crippen LogP contribution >= 0.6 is 0 Å². The zero-order valence-electron chi connectivity index (χ0n) is 10.7. The number of carbonyl (C=O) groups excluding carboxylic acids is 1. The lowest BCUT2D eigenvalue weighted by Gasteiger charge is -2.18. The number of carbonyl (C=O) groups is 1. The molecule has 1 atom stereocenters. The zero-order chi connectivity index (χ0) is 12.8. The average molecular weight is 235 g/mol. The number of rotatable bonds is 5. The fraction of sp³-hybridized carbons (Fsp3) is 0.462. The molecule has 0 aliphatic carbocycles. The van der Waals surface area contributed by atoms with Gasteiger partial charge in [-0.25, -0.2) is 0 Å². The van der Waals surface area contributed by atoms with Gasteiger partial charge in [-0.3, -0.25) is 4.79 Å². The highest BCUT2D eigenvalue weighted by Gasteiger charge is 2.13. The maximum atomic E-state index is 11.7. The normalized spacial score (nSPS) is 11.9. The summed E-state index contributed by atoms with van der Waals surface area (Å²) in [7, 11) is 0. The highest BCUT2D eigenvalue weighted by molar-refractivity contribution is 5.86. The summed E-state index contributed by atoms with van der Waals surface area (Å²) in [6, 6.07) is 5.41. The van der Waals surface area contributed by atoms with Crippen LogP contribution < -0.4 is 16.4 Å². The molecule has 94 valence electrons. The minimum atomic E-state index is -0.287. The van der Waals surface area contributed by atoms with E-state index in [9.17, 15) is 4.79 Å². The van der Waals surface area contributed by atoms with Gasteiger partial charge < -0.3 is 16.4 Å². The molecule has 0 bridgehead atoms. The van der Waals surface area contributed by atoms with E-state index in [0.29, 0.717) is 12.2 Å². The Hall–Kier alpha value is -1.71. The lowest BCUT2D eigenvalue weighted by Crippen LogP contribution is -2.38. The van der Waals surface area contributed by atoms with E-state index in [4.69, 9.17) is 5.73 Å². The van der Waals surface area contributed by atoms with E-state index in [1.807, 2.05) is 39.0 Å². The summed E-state index contributed by atoms with van der Waals surface area (Å²) in [5, 5.41) is 6.00. The van der Waals surface area contributed by atoms with Crippen LogP contribution in [0.2, 0.25) is 0 Å². The molecule has 4 nitrogen and oxygen atoms in total. The molecule has 1 rings (SSSR count). The lowest BCUT2D eigenvalue weighted by atomic mass is 10.1. The van der Waals surface area contributed by atoms with E-state index >= 15 is 0 Å². The fourth-order valence-electron chi connectivity index (χ4n) is 1.57. The van der Waals surface area contributed by atoms with Crippen LogP contribution in [-0.4, -0.2) is 18.5 Å². The van der Waals surface area contributed by atoms with Crippen LogP contribution in [0, 0.1) is 6.92 Å². The minimum Gasteiger partial charge on any atom is -0.397 e. The van der Waals surface area contributed by atoms with Crippen molar-refractivity contribution in [2.24, 2.45) is 0 Å². The number of benzene rings is 1. The van der Waals surface area contributed by atoms with E-state index in [2.05, 4.69) is 10.6 Å². The quantitative estimate of drug-likeness (QED) is 0.683. The van der Waals surface area contributed by atoms with Gasteiger partial charge >= 0.3 is 0 Å². The Balaban J connectivity index is 2.67. The highest BCUT2D eigenvalue weighted by Crippen LogP contribution is 2.23. The van der Waals surface area contributed by atoms with Crippen molar-refractivity contribution in [1.29, 1.82) is 0 Å². The molecule has 0 aliphatic rings. The Kier molecular flexibility index (Phi) is 4.82. The number of nitrogens with one attached hydrogen (secondary N) is 2. The molecular weight excluding hydrogens is 214 g/mol. The molecule has 0 fully saturated rings. The molecule has 0 saturated heterocycles. The van der Waals surface area contributed by atoms with Crippen LogP contribution in [0.5, 0.6) is 0 Å². The molecule has 1 aromatic rings. The number of hydrogen-bond donors (Lipinski definition) is 3. The molecule has 0 aromatic heterocycles. The van der Waals surface area contributed by atoms with Gasteiger partial charge in [-0.2, -0.15) is 0 Å². The standard InChI is InChI=1S/C13H21N3O/c1-4-8-15-13(17)10(3)16-12-9(2)6-5-7-11(12)14/h5-7,10,16H,4,8,14H2,1-3H3,(H,15,17). The van der Waals surface area contributed by atoms with E-state index in [0.717, 1.165) is 17.7 Å². The van der Waals surface area contributed by atoms with Gasteiger partial charge in [0.25, 0.3) is 0 Å².